The molecule has 0 aliphatic carbocycles. The second kappa shape index (κ2) is 5.25. The van der Waals surface area contributed by atoms with E-state index in [1.165, 1.54) is 4.90 Å². The predicted molar refractivity (Wildman–Crippen MR) is 63.4 cm³/mol. The maximum absolute atomic E-state index is 11.5. The van der Waals surface area contributed by atoms with E-state index in [0.717, 1.165) is 5.57 Å². The van der Waals surface area contributed by atoms with Crippen LogP contribution in [0.2, 0.25) is 0 Å². The Labute approximate surface area is 95.2 Å². The standard InChI is InChI=1S/C11H16N4O/c1-8(2)7-12-10-6-5-9(13-14-10)11(16)15(3)4/h5-6H,1,7H2,2-4H3,(H,12,14). The van der Waals surface area contributed by atoms with Crippen molar-refractivity contribution in [1.29, 1.82) is 0 Å². The number of hydrogen-bond donors (Lipinski definition) is 1. The van der Waals surface area contributed by atoms with Crippen LogP contribution in [-0.2, 0) is 0 Å². The first-order chi connectivity index (χ1) is 7.50. The summed E-state index contributed by atoms with van der Waals surface area (Å²) < 4.78 is 0. The summed E-state index contributed by atoms with van der Waals surface area (Å²) in [6, 6.07) is 3.38. The third-order valence-electron chi connectivity index (χ3n) is 1.86. The number of anilines is 1. The van der Waals surface area contributed by atoms with Crippen LogP contribution in [-0.4, -0.2) is 41.6 Å². The van der Waals surface area contributed by atoms with Crippen LogP contribution < -0.4 is 5.32 Å². The summed E-state index contributed by atoms with van der Waals surface area (Å²) >= 11 is 0. The molecule has 5 heteroatoms. The van der Waals surface area contributed by atoms with Gasteiger partial charge in [-0.1, -0.05) is 12.2 Å². The van der Waals surface area contributed by atoms with Crippen LogP contribution in [0, 0.1) is 0 Å². The van der Waals surface area contributed by atoms with Crippen LogP contribution in [0.4, 0.5) is 5.82 Å². The van der Waals surface area contributed by atoms with Crippen molar-refractivity contribution in [3.63, 3.8) is 0 Å². The van der Waals surface area contributed by atoms with Gasteiger partial charge in [0.05, 0.1) is 0 Å². The Morgan fingerprint density at radius 3 is 2.56 bits per heavy atom. The molecule has 5 nitrogen and oxygen atoms in total. The van der Waals surface area contributed by atoms with Crippen molar-refractivity contribution in [2.24, 2.45) is 0 Å². The molecule has 1 amide bonds. The van der Waals surface area contributed by atoms with Gasteiger partial charge in [-0.25, -0.2) is 0 Å². The fourth-order valence-electron chi connectivity index (χ4n) is 1.01. The second-order valence-corrected chi connectivity index (χ2v) is 3.81. The lowest BCUT2D eigenvalue weighted by Gasteiger charge is -2.09. The molecular weight excluding hydrogens is 204 g/mol. The van der Waals surface area contributed by atoms with Crippen molar-refractivity contribution in [3.8, 4) is 0 Å². The van der Waals surface area contributed by atoms with Gasteiger partial charge >= 0.3 is 0 Å². The zero-order valence-electron chi connectivity index (χ0n) is 9.82. The Balaban J connectivity index is 2.68. The molecule has 1 N–H and O–H groups in total. The second-order valence-electron chi connectivity index (χ2n) is 3.81. The number of nitrogens with one attached hydrogen (secondary N) is 1. The molecule has 0 fully saturated rings. The molecule has 0 aliphatic heterocycles. The molecule has 86 valence electrons. The van der Waals surface area contributed by atoms with E-state index in [2.05, 4.69) is 22.1 Å². The average Bonchev–Trinajstić information content (AvgIpc) is 2.26. The highest BCUT2D eigenvalue weighted by molar-refractivity contribution is 5.91. The zero-order valence-corrected chi connectivity index (χ0v) is 9.82. The number of amides is 1. The monoisotopic (exact) mass is 220 g/mol. The van der Waals surface area contributed by atoms with Gasteiger partial charge < -0.3 is 10.2 Å². The van der Waals surface area contributed by atoms with Gasteiger partial charge in [-0.3, -0.25) is 4.79 Å². The van der Waals surface area contributed by atoms with Crippen molar-refractivity contribution < 1.29 is 4.79 Å². The average molecular weight is 220 g/mol. The summed E-state index contributed by atoms with van der Waals surface area (Å²) in [6.45, 7) is 6.34. The number of hydrogen-bond acceptors (Lipinski definition) is 4. The first-order valence-electron chi connectivity index (χ1n) is 4.94. The van der Waals surface area contributed by atoms with E-state index in [-0.39, 0.29) is 5.91 Å². The molecule has 0 atom stereocenters. The molecule has 0 bridgehead atoms. The van der Waals surface area contributed by atoms with E-state index < -0.39 is 0 Å². The van der Waals surface area contributed by atoms with Gasteiger partial charge in [-0.05, 0) is 19.1 Å². The van der Waals surface area contributed by atoms with Gasteiger partial charge in [0, 0.05) is 20.6 Å². The molecule has 0 unspecified atom stereocenters. The third-order valence-corrected chi connectivity index (χ3v) is 1.86. The largest absolute Gasteiger partial charge is 0.365 e. The maximum Gasteiger partial charge on any atom is 0.273 e. The molecule has 1 heterocycles. The van der Waals surface area contributed by atoms with E-state index >= 15 is 0 Å². The minimum atomic E-state index is -0.154. The summed E-state index contributed by atoms with van der Waals surface area (Å²) in [5.74, 6) is 0.484. The topological polar surface area (TPSA) is 58.1 Å². The van der Waals surface area contributed by atoms with Gasteiger partial charge in [0.2, 0.25) is 0 Å². The van der Waals surface area contributed by atoms with Crippen molar-refractivity contribution in [2.75, 3.05) is 26.0 Å². The van der Waals surface area contributed by atoms with E-state index in [9.17, 15) is 4.79 Å². The minimum Gasteiger partial charge on any atom is -0.365 e. The fourth-order valence-corrected chi connectivity index (χ4v) is 1.01. The molecule has 1 aromatic rings. The highest BCUT2D eigenvalue weighted by atomic mass is 16.2. The van der Waals surface area contributed by atoms with Crippen molar-refractivity contribution in [3.05, 3.63) is 30.0 Å². The van der Waals surface area contributed by atoms with Gasteiger partial charge in [0.15, 0.2) is 5.69 Å². The molecule has 0 saturated heterocycles. The smallest absolute Gasteiger partial charge is 0.273 e. The van der Waals surface area contributed by atoms with Crippen molar-refractivity contribution in [2.45, 2.75) is 6.92 Å². The molecule has 16 heavy (non-hydrogen) atoms. The van der Waals surface area contributed by atoms with Gasteiger partial charge in [0.25, 0.3) is 5.91 Å². The first-order valence-corrected chi connectivity index (χ1v) is 4.94. The zero-order chi connectivity index (χ0) is 12.1. The highest BCUT2D eigenvalue weighted by Crippen LogP contribution is 2.04. The van der Waals surface area contributed by atoms with E-state index in [1.54, 1.807) is 26.2 Å². The SMILES string of the molecule is C=C(C)CNc1ccc(C(=O)N(C)C)nn1. The third kappa shape index (κ3) is 3.34. The Kier molecular flexibility index (Phi) is 3.99. The van der Waals surface area contributed by atoms with Gasteiger partial charge in [-0.15, -0.1) is 10.2 Å². The number of carbonyl (C=O) groups is 1. The lowest BCUT2D eigenvalue weighted by Crippen LogP contribution is -2.23. The molecular formula is C11H16N4O. The summed E-state index contributed by atoms with van der Waals surface area (Å²) in [7, 11) is 3.36. The fraction of sp³-hybridized carbons (Fsp3) is 0.364. The van der Waals surface area contributed by atoms with E-state index in [0.29, 0.717) is 18.1 Å². The quantitative estimate of drug-likeness (QED) is 0.774. The highest BCUT2D eigenvalue weighted by Gasteiger charge is 2.09. The lowest BCUT2D eigenvalue weighted by atomic mass is 10.3. The first kappa shape index (κ1) is 12.2. The number of aromatic nitrogens is 2. The Hall–Kier alpha value is -1.91. The van der Waals surface area contributed by atoms with Crippen LogP contribution in [0.25, 0.3) is 0 Å². The molecule has 0 saturated carbocycles. The van der Waals surface area contributed by atoms with E-state index in [1.807, 2.05) is 6.92 Å². The Bertz CT molecular complexity index is 383. The Morgan fingerprint density at radius 2 is 2.12 bits per heavy atom. The van der Waals surface area contributed by atoms with Crippen LogP contribution >= 0.6 is 0 Å². The molecule has 0 aromatic carbocycles. The molecule has 0 radical (unpaired) electrons. The summed E-state index contributed by atoms with van der Waals surface area (Å²) in [5.41, 5.74) is 1.35. The summed E-state index contributed by atoms with van der Waals surface area (Å²) in [6.07, 6.45) is 0. The van der Waals surface area contributed by atoms with Gasteiger partial charge in [-0.2, -0.15) is 0 Å². The van der Waals surface area contributed by atoms with Crippen LogP contribution in [0.15, 0.2) is 24.3 Å². The van der Waals surface area contributed by atoms with Crippen LogP contribution in [0.5, 0.6) is 0 Å². The molecule has 0 aliphatic rings. The molecule has 1 aromatic heterocycles. The normalized spacial score (nSPS) is 9.69. The maximum atomic E-state index is 11.5. The van der Waals surface area contributed by atoms with Crippen molar-refractivity contribution in [1.82, 2.24) is 15.1 Å². The number of rotatable bonds is 4. The van der Waals surface area contributed by atoms with Crippen molar-refractivity contribution >= 4 is 11.7 Å². The van der Waals surface area contributed by atoms with Crippen LogP contribution in [0.1, 0.15) is 17.4 Å². The lowest BCUT2D eigenvalue weighted by molar-refractivity contribution is 0.0821. The van der Waals surface area contributed by atoms with E-state index in [4.69, 9.17) is 0 Å². The number of nitrogens with zero attached hydrogens (tertiary/aromatic N) is 3. The minimum absolute atomic E-state index is 0.154. The molecule has 1 rings (SSSR count). The summed E-state index contributed by atoms with van der Waals surface area (Å²) in [4.78, 5) is 13.0. The molecule has 0 spiro atoms. The van der Waals surface area contributed by atoms with Crippen LogP contribution in [0.3, 0.4) is 0 Å². The Morgan fingerprint density at radius 1 is 1.44 bits per heavy atom. The summed E-state index contributed by atoms with van der Waals surface area (Å²) in [5, 5.41) is 10.8. The number of carbonyl (C=O) groups excluding carboxylic acids is 1. The van der Waals surface area contributed by atoms with Gasteiger partial charge in [0.1, 0.15) is 5.82 Å². The predicted octanol–water partition coefficient (Wildman–Crippen LogP) is 1.17.